The molecule has 30 heavy (non-hydrogen) atoms. The number of rotatable bonds is 7. The Morgan fingerprint density at radius 2 is 1.73 bits per heavy atom. The molecular formula is C23H28N2O5. The van der Waals surface area contributed by atoms with Crippen molar-refractivity contribution >= 4 is 17.5 Å². The number of aryl methyl sites for hydroxylation is 1. The number of hydrogen-bond donors (Lipinski definition) is 1. The Morgan fingerprint density at radius 3 is 2.40 bits per heavy atom. The third-order valence-corrected chi connectivity index (χ3v) is 5.60. The van der Waals surface area contributed by atoms with E-state index >= 15 is 0 Å². The average Bonchev–Trinajstić information content (AvgIpc) is 3.14. The number of carbonyl (C=O) groups is 2. The lowest BCUT2D eigenvalue weighted by molar-refractivity contribution is -0.126. The second-order valence-electron chi connectivity index (χ2n) is 7.36. The lowest BCUT2D eigenvalue weighted by Crippen LogP contribution is -2.33. The van der Waals surface area contributed by atoms with Crippen LogP contribution in [0.4, 0.5) is 5.69 Å². The van der Waals surface area contributed by atoms with Crippen LogP contribution < -0.4 is 24.4 Å². The summed E-state index contributed by atoms with van der Waals surface area (Å²) in [7, 11) is 4.67. The Balaban J connectivity index is 1.70. The molecule has 1 N–H and O–H groups in total. The summed E-state index contributed by atoms with van der Waals surface area (Å²) in [4.78, 5) is 27.1. The van der Waals surface area contributed by atoms with Crippen LogP contribution in [0.2, 0.25) is 0 Å². The van der Waals surface area contributed by atoms with E-state index in [0.717, 1.165) is 22.4 Å². The number of nitrogens with one attached hydrogen (secondary N) is 1. The molecule has 1 saturated heterocycles. The summed E-state index contributed by atoms with van der Waals surface area (Å²) in [5.41, 5.74) is 3.81. The van der Waals surface area contributed by atoms with Crippen LogP contribution >= 0.6 is 0 Å². The number of amides is 2. The van der Waals surface area contributed by atoms with Gasteiger partial charge in [-0.2, -0.15) is 0 Å². The lowest BCUT2D eigenvalue weighted by Gasteiger charge is -2.20. The molecule has 1 atom stereocenters. The molecule has 2 aromatic rings. The van der Waals surface area contributed by atoms with Gasteiger partial charge >= 0.3 is 0 Å². The van der Waals surface area contributed by atoms with Crippen LogP contribution in [0, 0.1) is 19.8 Å². The smallest absolute Gasteiger partial charge is 0.227 e. The predicted octanol–water partition coefficient (Wildman–Crippen LogP) is 3.00. The summed E-state index contributed by atoms with van der Waals surface area (Å²) >= 11 is 0. The van der Waals surface area contributed by atoms with Gasteiger partial charge in [-0.1, -0.05) is 12.1 Å². The fraction of sp³-hybridized carbons (Fsp3) is 0.391. The third kappa shape index (κ3) is 4.20. The zero-order chi connectivity index (χ0) is 21.8. The van der Waals surface area contributed by atoms with Crippen LogP contribution in [-0.2, 0) is 16.1 Å². The zero-order valence-corrected chi connectivity index (χ0v) is 18.1. The highest BCUT2D eigenvalue weighted by Crippen LogP contribution is 2.35. The maximum Gasteiger partial charge on any atom is 0.227 e. The first-order valence-corrected chi connectivity index (χ1v) is 9.82. The van der Waals surface area contributed by atoms with E-state index in [0.29, 0.717) is 23.8 Å². The van der Waals surface area contributed by atoms with Gasteiger partial charge in [0.25, 0.3) is 0 Å². The minimum atomic E-state index is -0.399. The Hall–Kier alpha value is -3.22. The molecule has 0 bridgehead atoms. The number of hydrogen-bond acceptors (Lipinski definition) is 5. The van der Waals surface area contributed by atoms with E-state index in [4.69, 9.17) is 14.2 Å². The van der Waals surface area contributed by atoms with Gasteiger partial charge in [0.1, 0.15) is 5.75 Å². The van der Waals surface area contributed by atoms with Crippen molar-refractivity contribution in [2.45, 2.75) is 26.8 Å². The molecule has 7 nitrogen and oxygen atoms in total. The van der Waals surface area contributed by atoms with E-state index in [2.05, 4.69) is 5.32 Å². The van der Waals surface area contributed by atoms with Crippen LogP contribution in [-0.4, -0.2) is 39.7 Å². The van der Waals surface area contributed by atoms with Crippen molar-refractivity contribution in [3.05, 3.63) is 47.0 Å². The van der Waals surface area contributed by atoms with Crippen molar-refractivity contribution in [3.8, 4) is 17.2 Å². The molecular weight excluding hydrogens is 384 g/mol. The first-order valence-electron chi connectivity index (χ1n) is 9.82. The molecule has 0 aromatic heterocycles. The number of methoxy groups -OCH3 is 3. The minimum absolute atomic E-state index is 0.0347. The topological polar surface area (TPSA) is 77.1 Å². The highest BCUT2D eigenvalue weighted by atomic mass is 16.5. The quantitative estimate of drug-likeness (QED) is 0.757. The molecule has 0 aliphatic carbocycles. The Kier molecular flexibility index (Phi) is 6.50. The molecule has 1 fully saturated rings. The average molecular weight is 412 g/mol. The van der Waals surface area contributed by atoms with Gasteiger partial charge in [-0.05, 0) is 37.1 Å². The molecule has 7 heteroatoms. The SMILES string of the molecule is COc1cc(OC)c(OC)cc1CNC(=O)[C@@H]1CC(=O)N(c2cccc(C)c2C)C1. The summed E-state index contributed by atoms with van der Waals surface area (Å²) in [6, 6.07) is 9.37. The fourth-order valence-electron chi connectivity index (χ4n) is 3.70. The highest BCUT2D eigenvalue weighted by Gasteiger charge is 2.35. The van der Waals surface area contributed by atoms with Crippen molar-refractivity contribution < 1.29 is 23.8 Å². The van der Waals surface area contributed by atoms with E-state index < -0.39 is 5.92 Å². The zero-order valence-electron chi connectivity index (χ0n) is 18.1. The molecule has 0 radical (unpaired) electrons. The molecule has 160 valence electrons. The van der Waals surface area contributed by atoms with E-state index in [-0.39, 0.29) is 24.8 Å². The van der Waals surface area contributed by atoms with Crippen molar-refractivity contribution in [1.29, 1.82) is 0 Å². The first kappa shape index (κ1) is 21.5. The van der Waals surface area contributed by atoms with E-state index in [1.54, 1.807) is 38.4 Å². The van der Waals surface area contributed by atoms with E-state index in [9.17, 15) is 9.59 Å². The lowest BCUT2D eigenvalue weighted by atomic mass is 10.1. The number of nitrogens with zero attached hydrogens (tertiary/aromatic N) is 1. The van der Waals surface area contributed by atoms with Gasteiger partial charge in [-0.3, -0.25) is 9.59 Å². The molecule has 0 saturated carbocycles. The largest absolute Gasteiger partial charge is 0.496 e. The molecule has 1 aliphatic heterocycles. The normalized spacial score (nSPS) is 15.8. The second-order valence-corrected chi connectivity index (χ2v) is 7.36. The fourth-order valence-corrected chi connectivity index (χ4v) is 3.70. The van der Waals surface area contributed by atoms with Crippen LogP contribution in [0.5, 0.6) is 17.2 Å². The Bertz CT molecular complexity index is 957. The summed E-state index contributed by atoms with van der Waals surface area (Å²) < 4.78 is 16.0. The maximum absolute atomic E-state index is 12.8. The third-order valence-electron chi connectivity index (χ3n) is 5.60. The van der Waals surface area contributed by atoms with Gasteiger partial charge in [-0.25, -0.2) is 0 Å². The maximum atomic E-state index is 12.8. The molecule has 0 unspecified atom stereocenters. The van der Waals surface area contributed by atoms with Crippen LogP contribution in [0.25, 0.3) is 0 Å². The van der Waals surface area contributed by atoms with Gasteiger partial charge in [0, 0.05) is 36.8 Å². The summed E-state index contributed by atoms with van der Waals surface area (Å²) in [5, 5.41) is 2.93. The summed E-state index contributed by atoms with van der Waals surface area (Å²) in [6.45, 7) is 4.64. The monoisotopic (exact) mass is 412 g/mol. The number of anilines is 1. The van der Waals surface area contributed by atoms with Crippen LogP contribution in [0.15, 0.2) is 30.3 Å². The van der Waals surface area contributed by atoms with Gasteiger partial charge in [-0.15, -0.1) is 0 Å². The standard InChI is InChI=1S/C23H28N2O5/c1-14-7-6-8-18(15(14)2)25-13-17(10-22(25)26)23(27)24-12-16-9-20(29-4)21(30-5)11-19(16)28-3/h6-9,11,17H,10,12-13H2,1-5H3,(H,24,27)/t17-/m1/s1. The van der Waals surface area contributed by atoms with Crippen LogP contribution in [0.1, 0.15) is 23.1 Å². The number of ether oxygens (including phenoxy) is 3. The van der Waals surface area contributed by atoms with Crippen molar-refractivity contribution in [2.24, 2.45) is 5.92 Å². The van der Waals surface area contributed by atoms with Crippen molar-refractivity contribution in [3.63, 3.8) is 0 Å². The van der Waals surface area contributed by atoms with E-state index in [1.807, 2.05) is 32.0 Å². The van der Waals surface area contributed by atoms with Gasteiger partial charge in [0.2, 0.25) is 11.8 Å². The molecule has 2 amide bonds. The molecule has 1 heterocycles. The minimum Gasteiger partial charge on any atom is -0.496 e. The summed E-state index contributed by atoms with van der Waals surface area (Å²) in [6.07, 6.45) is 0.197. The van der Waals surface area contributed by atoms with Gasteiger partial charge in [0.15, 0.2) is 11.5 Å². The predicted molar refractivity (Wildman–Crippen MR) is 114 cm³/mol. The first-order chi connectivity index (χ1) is 14.4. The van der Waals surface area contributed by atoms with Gasteiger partial charge < -0.3 is 24.4 Å². The van der Waals surface area contributed by atoms with E-state index in [1.165, 1.54) is 0 Å². The van der Waals surface area contributed by atoms with Gasteiger partial charge in [0.05, 0.1) is 27.2 Å². The second kappa shape index (κ2) is 9.07. The Labute approximate surface area is 176 Å². The Morgan fingerprint density at radius 1 is 1.07 bits per heavy atom. The number of carbonyl (C=O) groups excluding carboxylic acids is 2. The molecule has 1 aliphatic rings. The van der Waals surface area contributed by atoms with Crippen LogP contribution in [0.3, 0.4) is 0 Å². The van der Waals surface area contributed by atoms with Crippen molar-refractivity contribution in [2.75, 3.05) is 32.8 Å². The number of benzene rings is 2. The molecule has 3 rings (SSSR count). The molecule has 0 spiro atoms. The molecule has 2 aromatic carbocycles. The summed E-state index contributed by atoms with van der Waals surface area (Å²) in [5.74, 6) is 1.10. The van der Waals surface area contributed by atoms with Crippen molar-refractivity contribution in [1.82, 2.24) is 5.32 Å². The highest BCUT2D eigenvalue weighted by molar-refractivity contribution is 6.00.